The van der Waals surface area contributed by atoms with E-state index in [1.54, 1.807) is 17.4 Å². The number of aryl methyl sites for hydroxylation is 2. The molecule has 1 aromatic rings. The van der Waals surface area contributed by atoms with E-state index < -0.39 is 10.0 Å². The number of piperidine rings is 1. The Bertz CT molecular complexity index is 634. The fraction of sp³-hybridized carbons (Fsp3) is 0.647. The van der Waals surface area contributed by atoms with Crippen LogP contribution in [0, 0.1) is 0 Å². The number of nitrogens with zero attached hydrogens (tertiary/aromatic N) is 2. The van der Waals surface area contributed by atoms with E-state index in [0.717, 1.165) is 51.7 Å². The molecule has 1 heterocycles. The SMILES string of the molecule is CCN1CCC(N(C)S(=O)(=O)c2ccc3c(c2)CCC3)CC1. The second-order valence-corrected chi connectivity index (χ2v) is 8.47. The minimum Gasteiger partial charge on any atom is -0.303 e. The Labute approximate surface area is 134 Å². The van der Waals surface area contributed by atoms with Crippen molar-refractivity contribution in [1.82, 2.24) is 9.21 Å². The number of rotatable bonds is 4. The van der Waals surface area contributed by atoms with Crippen LogP contribution in [0.5, 0.6) is 0 Å². The normalized spacial score (nSPS) is 20.5. The second kappa shape index (κ2) is 6.30. The molecule has 1 aliphatic heterocycles. The van der Waals surface area contributed by atoms with Crippen LogP contribution in [-0.2, 0) is 22.9 Å². The van der Waals surface area contributed by atoms with E-state index in [1.165, 1.54) is 11.1 Å². The summed E-state index contributed by atoms with van der Waals surface area (Å²) in [6.45, 7) is 5.19. The summed E-state index contributed by atoms with van der Waals surface area (Å²) < 4.78 is 27.4. The molecule has 122 valence electrons. The summed E-state index contributed by atoms with van der Waals surface area (Å²) in [5.41, 5.74) is 2.54. The van der Waals surface area contributed by atoms with Gasteiger partial charge in [-0.2, -0.15) is 4.31 Å². The molecule has 0 N–H and O–H groups in total. The molecule has 5 heteroatoms. The second-order valence-electron chi connectivity index (χ2n) is 6.47. The fourth-order valence-electron chi connectivity index (χ4n) is 3.67. The highest BCUT2D eigenvalue weighted by molar-refractivity contribution is 7.89. The van der Waals surface area contributed by atoms with Crippen molar-refractivity contribution < 1.29 is 8.42 Å². The molecule has 0 aromatic heterocycles. The molecule has 2 aliphatic rings. The standard InChI is InChI=1S/C17H26N2O2S/c1-3-19-11-9-16(10-12-19)18(2)22(20,21)17-8-7-14-5-4-6-15(14)13-17/h7-8,13,16H,3-6,9-12H2,1-2H3. The van der Waals surface area contributed by atoms with Crippen LogP contribution in [0.4, 0.5) is 0 Å². The van der Waals surface area contributed by atoms with Gasteiger partial charge in [-0.25, -0.2) is 8.42 Å². The summed E-state index contributed by atoms with van der Waals surface area (Å²) in [4.78, 5) is 2.85. The van der Waals surface area contributed by atoms with Gasteiger partial charge in [0.1, 0.15) is 0 Å². The van der Waals surface area contributed by atoms with E-state index in [-0.39, 0.29) is 6.04 Å². The lowest BCUT2D eigenvalue weighted by Crippen LogP contribution is -2.45. The largest absolute Gasteiger partial charge is 0.303 e. The van der Waals surface area contributed by atoms with Crippen molar-refractivity contribution >= 4 is 10.0 Å². The van der Waals surface area contributed by atoms with Gasteiger partial charge in [-0.05, 0) is 75.0 Å². The molecule has 1 aromatic carbocycles. The first-order valence-corrected chi connectivity index (χ1v) is 9.78. The van der Waals surface area contributed by atoms with Gasteiger partial charge in [-0.3, -0.25) is 0 Å². The summed E-state index contributed by atoms with van der Waals surface area (Å²) in [6.07, 6.45) is 5.09. The first kappa shape index (κ1) is 16.0. The molecule has 1 saturated heterocycles. The predicted octanol–water partition coefficient (Wildman–Crippen LogP) is 2.28. The lowest BCUT2D eigenvalue weighted by atomic mass is 10.1. The van der Waals surface area contributed by atoms with Crippen LogP contribution in [0.1, 0.15) is 37.3 Å². The van der Waals surface area contributed by atoms with Crippen molar-refractivity contribution in [3.63, 3.8) is 0 Å². The molecule has 22 heavy (non-hydrogen) atoms. The van der Waals surface area contributed by atoms with E-state index in [4.69, 9.17) is 0 Å². The Hall–Kier alpha value is -0.910. The van der Waals surface area contributed by atoms with Gasteiger partial charge in [0, 0.05) is 13.1 Å². The number of hydrogen-bond donors (Lipinski definition) is 0. The number of likely N-dealkylation sites (tertiary alicyclic amines) is 1. The Morgan fingerprint density at radius 3 is 2.55 bits per heavy atom. The highest BCUT2D eigenvalue weighted by Gasteiger charge is 2.31. The first-order chi connectivity index (χ1) is 10.5. The van der Waals surface area contributed by atoms with Gasteiger partial charge < -0.3 is 4.90 Å². The Morgan fingerprint density at radius 2 is 1.86 bits per heavy atom. The average molecular weight is 322 g/mol. The third-order valence-electron chi connectivity index (χ3n) is 5.27. The maximum absolute atomic E-state index is 12.9. The molecule has 1 aliphatic carbocycles. The van der Waals surface area contributed by atoms with E-state index >= 15 is 0 Å². The Balaban J connectivity index is 1.77. The monoisotopic (exact) mass is 322 g/mol. The van der Waals surface area contributed by atoms with Crippen LogP contribution < -0.4 is 0 Å². The average Bonchev–Trinajstić information content (AvgIpc) is 3.01. The van der Waals surface area contributed by atoms with E-state index in [9.17, 15) is 8.42 Å². The van der Waals surface area contributed by atoms with Crippen LogP contribution in [0.15, 0.2) is 23.1 Å². The molecule has 0 amide bonds. The van der Waals surface area contributed by atoms with Crippen molar-refractivity contribution in [2.45, 2.75) is 50.0 Å². The maximum Gasteiger partial charge on any atom is 0.243 e. The molecule has 4 nitrogen and oxygen atoms in total. The van der Waals surface area contributed by atoms with E-state index in [2.05, 4.69) is 11.8 Å². The topological polar surface area (TPSA) is 40.6 Å². The zero-order chi connectivity index (χ0) is 15.7. The Morgan fingerprint density at radius 1 is 1.18 bits per heavy atom. The molecule has 3 rings (SSSR count). The molecule has 1 fully saturated rings. The molecular formula is C17H26N2O2S. The third kappa shape index (κ3) is 2.94. The van der Waals surface area contributed by atoms with Gasteiger partial charge in [0.25, 0.3) is 0 Å². The molecule has 0 spiro atoms. The highest BCUT2D eigenvalue weighted by Crippen LogP contribution is 2.28. The van der Waals surface area contributed by atoms with E-state index in [1.807, 2.05) is 12.1 Å². The van der Waals surface area contributed by atoms with Gasteiger partial charge in [0.2, 0.25) is 10.0 Å². The lowest BCUT2D eigenvalue weighted by Gasteiger charge is -2.35. The third-order valence-corrected chi connectivity index (χ3v) is 7.17. The van der Waals surface area contributed by atoms with Crippen LogP contribution in [0.3, 0.4) is 0 Å². The first-order valence-electron chi connectivity index (χ1n) is 8.34. The molecule has 0 atom stereocenters. The van der Waals surface area contributed by atoms with Gasteiger partial charge in [-0.1, -0.05) is 13.0 Å². The number of fused-ring (bicyclic) bond motifs is 1. The van der Waals surface area contributed by atoms with Crippen molar-refractivity contribution in [3.05, 3.63) is 29.3 Å². The highest BCUT2D eigenvalue weighted by atomic mass is 32.2. The van der Waals surface area contributed by atoms with Crippen molar-refractivity contribution in [1.29, 1.82) is 0 Å². The van der Waals surface area contributed by atoms with Crippen LogP contribution in [0.2, 0.25) is 0 Å². The quantitative estimate of drug-likeness (QED) is 0.854. The molecular weight excluding hydrogens is 296 g/mol. The maximum atomic E-state index is 12.9. The molecule has 0 saturated carbocycles. The van der Waals surface area contributed by atoms with Crippen molar-refractivity contribution in [3.8, 4) is 0 Å². The fourth-order valence-corrected chi connectivity index (χ4v) is 5.14. The van der Waals surface area contributed by atoms with Gasteiger partial charge >= 0.3 is 0 Å². The predicted molar refractivity (Wildman–Crippen MR) is 88.6 cm³/mol. The molecule has 0 radical (unpaired) electrons. The zero-order valence-corrected chi connectivity index (χ0v) is 14.4. The van der Waals surface area contributed by atoms with Crippen LogP contribution in [-0.4, -0.2) is 50.3 Å². The minimum atomic E-state index is -3.37. The zero-order valence-electron chi connectivity index (χ0n) is 13.6. The van der Waals surface area contributed by atoms with Gasteiger partial charge in [-0.15, -0.1) is 0 Å². The smallest absolute Gasteiger partial charge is 0.243 e. The number of benzene rings is 1. The minimum absolute atomic E-state index is 0.126. The lowest BCUT2D eigenvalue weighted by molar-refractivity contribution is 0.176. The van der Waals surface area contributed by atoms with Crippen molar-refractivity contribution in [2.24, 2.45) is 0 Å². The summed E-state index contributed by atoms with van der Waals surface area (Å²) >= 11 is 0. The number of hydrogen-bond acceptors (Lipinski definition) is 3. The number of sulfonamides is 1. The molecule has 0 unspecified atom stereocenters. The summed E-state index contributed by atoms with van der Waals surface area (Å²) in [6, 6.07) is 5.82. The molecule has 0 bridgehead atoms. The van der Waals surface area contributed by atoms with Gasteiger partial charge in [0.15, 0.2) is 0 Å². The summed E-state index contributed by atoms with van der Waals surface area (Å²) in [5.74, 6) is 0. The Kier molecular flexibility index (Phi) is 4.57. The summed E-state index contributed by atoms with van der Waals surface area (Å²) in [5, 5.41) is 0. The van der Waals surface area contributed by atoms with Crippen LogP contribution in [0.25, 0.3) is 0 Å². The van der Waals surface area contributed by atoms with Crippen LogP contribution >= 0.6 is 0 Å². The van der Waals surface area contributed by atoms with E-state index in [0.29, 0.717) is 4.90 Å². The van der Waals surface area contributed by atoms with Gasteiger partial charge in [0.05, 0.1) is 4.90 Å². The summed E-state index contributed by atoms with van der Waals surface area (Å²) in [7, 11) is -1.62. The van der Waals surface area contributed by atoms with Crippen molar-refractivity contribution in [2.75, 3.05) is 26.7 Å².